The lowest BCUT2D eigenvalue weighted by atomic mass is 9.81. The van der Waals surface area contributed by atoms with Crippen molar-refractivity contribution >= 4 is 38.3 Å². The van der Waals surface area contributed by atoms with Crippen molar-refractivity contribution in [3.63, 3.8) is 0 Å². The van der Waals surface area contributed by atoms with Crippen molar-refractivity contribution in [3.05, 3.63) is 76.3 Å². The lowest BCUT2D eigenvalue weighted by Gasteiger charge is -2.33. The third-order valence-electron chi connectivity index (χ3n) is 4.68. The molecule has 1 amide bonds. The number of halogens is 1. The van der Waals surface area contributed by atoms with Gasteiger partial charge in [-0.3, -0.25) is 4.79 Å². The second kappa shape index (κ2) is 5.50. The van der Waals surface area contributed by atoms with Crippen LogP contribution < -0.4 is 4.90 Å². The molecule has 0 radical (unpaired) electrons. The van der Waals surface area contributed by atoms with Gasteiger partial charge in [0.25, 0.3) is 0 Å². The minimum atomic E-state index is 0.105. The summed E-state index contributed by atoms with van der Waals surface area (Å²) in [5.74, 6) is 0.272. The molecule has 0 saturated carbocycles. The summed E-state index contributed by atoms with van der Waals surface area (Å²) < 4.78 is 1.05. The summed E-state index contributed by atoms with van der Waals surface area (Å²) >= 11 is 3.49. The first-order chi connectivity index (χ1) is 11.1. The number of anilines is 1. The molecule has 0 aromatic heterocycles. The second-order valence-electron chi connectivity index (χ2n) is 5.98. The molecule has 114 valence electrons. The zero-order valence-electron chi connectivity index (χ0n) is 12.8. The molecule has 0 spiro atoms. The number of hydrogen-bond acceptors (Lipinski definition) is 1. The van der Waals surface area contributed by atoms with Crippen LogP contribution in [0.3, 0.4) is 0 Å². The monoisotopic (exact) mass is 365 g/mol. The van der Waals surface area contributed by atoms with Gasteiger partial charge in [-0.15, -0.1) is 0 Å². The Bertz CT molecular complexity index is 901. The maximum Gasteiger partial charge on any atom is 0.227 e. The summed E-state index contributed by atoms with van der Waals surface area (Å²) in [5.41, 5.74) is 3.47. The Labute approximate surface area is 143 Å². The highest BCUT2D eigenvalue weighted by Gasteiger charge is 2.31. The van der Waals surface area contributed by atoms with Crippen LogP contribution in [0.15, 0.2) is 65.1 Å². The molecular formula is C20H16BrNO. The lowest BCUT2D eigenvalue weighted by Crippen LogP contribution is -2.33. The molecule has 3 heteroatoms. The topological polar surface area (TPSA) is 20.3 Å². The summed E-state index contributed by atoms with van der Waals surface area (Å²) in [6.07, 6.45) is 0.513. The number of carbonyl (C=O) groups excluding carboxylic acids is 1. The third-order valence-corrected chi connectivity index (χ3v) is 5.21. The number of hydrogen-bond donors (Lipinski definition) is 0. The van der Waals surface area contributed by atoms with Crippen LogP contribution in [0.2, 0.25) is 0 Å². The van der Waals surface area contributed by atoms with Gasteiger partial charge in [-0.1, -0.05) is 58.4 Å². The Kier molecular flexibility index (Phi) is 3.46. The highest BCUT2D eigenvalue weighted by Crippen LogP contribution is 2.43. The van der Waals surface area contributed by atoms with Crippen LogP contribution in [0.1, 0.15) is 23.5 Å². The summed E-state index contributed by atoms with van der Waals surface area (Å²) in [7, 11) is 1.87. The van der Waals surface area contributed by atoms with E-state index < -0.39 is 0 Å². The predicted octanol–water partition coefficient (Wildman–Crippen LogP) is 5.10. The van der Waals surface area contributed by atoms with Gasteiger partial charge in [0.1, 0.15) is 0 Å². The van der Waals surface area contributed by atoms with Crippen LogP contribution >= 0.6 is 15.9 Å². The lowest BCUT2D eigenvalue weighted by molar-refractivity contribution is -0.118. The zero-order chi connectivity index (χ0) is 16.0. The van der Waals surface area contributed by atoms with Crippen LogP contribution in [-0.2, 0) is 4.79 Å². The molecule has 1 aliphatic rings. The molecule has 0 aliphatic carbocycles. The molecule has 4 rings (SSSR count). The fraction of sp³-hybridized carbons (Fsp3) is 0.150. The van der Waals surface area contributed by atoms with Crippen molar-refractivity contribution in [2.75, 3.05) is 11.9 Å². The van der Waals surface area contributed by atoms with Gasteiger partial charge in [0.05, 0.1) is 0 Å². The Hall–Kier alpha value is -2.13. The average Bonchev–Trinajstić information content (AvgIpc) is 2.58. The number of benzene rings is 3. The van der Waals surface area contributed by atoms with E-state index >= 15 is 0 Å². The smallest absolute Gasteiger partial charge is 0.227 e. The summed E-state index contributed by atoms with van der Waals surface area (Å²) in [6, 6.07) is 20.9. The van der Waals surface area contributed by atoms with E-state index in [4.69, 9.17) is 0 Å². The zero-order valence-corrected chi connectivity index (χ0v) is 14.4. The van der Waals surface area contributed by atoms with Gasteiger partial charge in [0.2, 0.25) is 5.91 Å². The summed E-state index contributed by atoms with van der Waals surface area (Å²) in [4.78, 5) is 14.2. The van der Waals surface area contributed by atoms with E-state index in [1.165, 1.54) is 21.9 Å². The average molecular weight is 366 g/mol. The van der Waals surface area contributed by atoms with Gasteiger partial charge in [-0.25, -0.2) is 0 Å². The Morgan fingerprint density at radius 2 is 1.74 bits per heavy atom. The second-order valence-corrected chi connectivity index (χ2v) is 6.90. The SMILES string of the molecule is CN1C(=O)CC(c2ccc(Br)cc2)c2c1ccc1ccccc21. The third kappa shape index (κ3) is 2.36. The quantitative estimate of drug-likeness (QED) is 0.587. The van der Waals surface area contributed by atoms with E-state index in [0.29, 0.717) is 6.42 Å². The highest BCUT2D eigenvalue weighted by atomic mass is 79.9. The minimum Gasteiger partial charge on any atom is -0.315 e. The van der Waals surface area contributed by atoms with E-state index in [-0.39, 0.29) is 11.8 Å². The van der Waals surface area contributed by atoms with Gasteiger partial charge >= 0.3 is 0 Å². The Morgan fingerprint density at radius 1 is 1.00 bits per heavy atom. The number of amides is 1. The maximum absolute atomic E-state index is 12.5. The summed E-state index contributed by atoms with van der Waals surface area (Å²) in [5, 5.41) is 2.45. The molecule has 23 heavy (non-hydrogen) atoms. The first-order valence-corrected chi connectivity index (χ1v) is 8.48. The molecular weight excluding hydrogens is 350 g/mol. The maximum atomic E-state index is 12.5. The van der Waals surface area contributed by atoms with Crippen molar-refractivity contribution in [1.29, 1.82) is 0 Å². The molecule has 0 N–H and O–H groups in total. The van der Waals surface area contributed by atoms with Crippen LogP contribution in [0.25, 0.3) is 10.8 Å². The molecule has 1 aliphatic heterocycles. The first-order valence-electron chi connectivity index (χ1n) is 7.69. The van der Waals surface area contributed by atoms with E-state index in [1.54, 1.807) is 4.90 Å². The number of nitrogens with zero attached hydrogens (tertiary/aromatic N) is 1. The predicted molar refractivity (Wildman–Crippen MR) is 98.0 cm³/mol. The van der Waals surface area contributed by atoms with Crippen molar-refractivity contribution in [1.82, 2.24) is 0 Å². The molecule has 3 aromatic carbocycles. The van der Waals surface area contributed by atoms with Crippen LogP contribution in [0, 0.1) is 0 Å². The number of carbonyl (C=O) groups is 1. The van der Waals surface area contributed by atoms with E-state index in [0.717, 1.165) is 10.2 Å². The van der Waals surface area contributed by atoms with E-state index in [9.17, 15) is 4.79 Å². The van der Waals surface area contributed by atoms with Crippen LogP contribution in [0.4, 0.5) is 5.69 Å². The summed E-state index contributed by atoms with van der Waals surface area (Å²) in [6.45, 7) is 0. The van der Waals surface area contributed by atoms with Crippen molar-refractivity contribution in [2.45, 2.75) is 12.3 Å². The molecule has 1 atom stereocenters. The van der Waals surface area contributed by atoms with Gasteiger partial charge in [0.15, 0.2) is 0 Å². The molecule has 0 bridgehead atoms. The van der Waals surface area contributed by atoms with E-state index in [1.807, 2.05) is 19.2 Å². The molecule has 0 saturated heterocycles. The molecule has 1 unspecified atom stereocenters. The van der Waals surface area contributed by atoms with Crippen molar-refractivity contribution < 1.29 is 4.79 Å². The number of rotatable bonds is 1. The van der Waals surface area contributed by atoms with Gasteiger partial charge in [0, 0.05) is 29.5 Å². The molecule has 1 heterocycles. The molecule has 2 nitrogen and oxygen atoms in total. The number of fused-ring (bicyclic) bond motifs is 3. The van der Waals surface area contributed by atoms with Gasteiger partial charge in [-0.2, -0.15) is 0 Å². The largest absolute Gasteiger partial charge is 0.315 e. The molecule has 3 aromatic rings. The fourth-order valence-corrected chi connectivity index (χ4v) is 3.73. The normalized spacial score (nSPS) is 17.4. The van der Waals surface area contributed by atoms with Gasteiger partial charge in [-0.05, 0) is 40.1 Å². The minimum absolute atomic E-state index is 0.105. The highest BCUT2D eigenvalue weighted by molar-refractivity contribution is 9.10. The van der Waals surface area contributed by atoms with Crippen molar-refractivity contribution in [3.8, 4) is 0 Å². The van der Waals surface area contributed by atoms with Crippen LogP contribution in [-0.4, -0.2) is 13.0 Å². The van der Waals surface area contributed by atoms with Crippen molar-refractivity contribution in [2.24, 2.45) is 0 Å². The van der Waals surface area contributed by atoms with Crippen LogP contribution in [0.5, 0.6) is 0 Å². The fourth-order valence-electron chi connectivity index (χ4n) is 3.47. The standard InChI is InChI=1S/C20H16BrNO/c1-22-18-11-8-13-4-2-3-5-16(13)20(18)17(12-19(22)23)14-6-9-15(21)10-7-14/h2-11,17H,12H2,1H3. The Morgan fingerprint density at radius 3 is 2.52 bits per heavy atom. The Balaban J connectivity index is 1.99. The van der Waals surface area contributed by atoms with Gasteiger partial charge < -0.3 is 4.90 Å². The molecule has 0 fully saturated rings. The first kappa shape index (κ1) is 14.5. The van der Waals surface area contributed by atoms with E-state index in [2.05, 4.69) is 64.5 Å².